The first-order valence-corrected chi connectivity index (χ1v) is 11.4. The van der Waals surface area contributed by atoms with E-state index in [4.69, 9.17) is 0 Å². The second-order valence-corrected chi connectivity index (χ2v) is 15.4. The van der Waals surface area contributed by atoms with E-state index in [9.17, 15) is 0 Å². The summed E-state index contributed by atoms with van der Waals surface area (Å²) >= 11 is 0. The first kappa shape index (κ1) is 12.0. The van der Waals surface area contributed by atoms with Crippen LogP contribution < -0.4 is 0 Å². The van der Waals surface area contributed by atoms with Crippen LogP contribution in [0.2, 0.25) is 39.3 Å². The lowest BCUT2D eigenvalue weighted by molar-refractivity contribution is 0.760. The summed E-state index contributed by atoms with van der Waals surface area (Å²) in [6.07, 6.45) is 0. The number of rotatable bonds is 3. The molecule has 0 bridgehead atoms. The van der Waals surface area contributed by atoms with Crippen molar-refractivity contribution in [3.8, 4) is 0 Å². The third kappa shape index (κ3) is 3.15. The van der Waals surface area contributed by atoms with Crippen LogP contribution in [0.3, 0.4) is 0 Å². The van der Waals surface area contributed by atoms with Gasteiger partial charge in [-0.2, -0.15) is 0 Å². The molecule has 0 radical (unpaired) electrons. The van der Waals surface area contributed by atoms with E-state index < -0.39 is 16.5 Å². The van der Waals surface area contributed by atoms with Crippen molar-refractivity contribution >= 4 is 16.5 Å². The minimum atomic E-state index is -1.19. The molecule has 72 valence electrons. The van der Waals surface area contributed by atoms with E-state index in [0.29, 0.717) is 0 Å². The molecule has 0 aromatic heterocycles. The summed E-state index contributed by atoms with van der Waals surface area (Å²) in [6.45, 7) is 20.6. The molecule has 0 unspecified atom stereocenters. The molecule has 12 heavy (non-hydrogen) atoms. The largest absolute Gasteiger partial charge is 0.429 e. The highest BCUT2D eigenvalue weighted by Gasteiger charge is 2.33. The van der Waals surface area contributed by atoms with Gasteiger partial charge in [-0.15, -0.1) is 0 Å². The van der Waals surface area contributed by atoms with Crippen LogP contribution in [0.25, 0.3) is 0 Å². The van der Waals surface area contributed by atoms with Gasteiger partial charge in [0.2, 0.25) is 0 Å². The van der Waals surface area contributed by atoms with E-state index in [1.807, 2.05) is 0 Å². The molecule has 0 aliphatic heterocycles. The van der Waals surface area contributed by atoms with Crippen molar-refractivity contribution in [2.45, 2.75) is 46.2 Å². The number of hydrogen-bond donors (Lipinski definition) is 0. The summed E-state index contributed by atoms with van der Waals surface area (Å²) in [7, 11) is -2.38. The Kier molecular flexibility index (Phi) is 3.37. The molecular weight excluding hydrogens is 178 g/mol. The Bertz CT molecular complexity index is 160. The van der Waals surface area contributed by atoms with E-state index in [2.05, 4.69) is 57.0 Å². The Morgan fingerprint density at radius 3 is 1.17 bits per heavy atom. The van der Waals surface area contributed by atoms with Crippen molar-refractivity contribution in [1.29, 1.82) is 0 Å². The average molecular weight is 201 g/mol. The Morgan fingerprint density at radius 1 is 0.917 bits per heavy atom. The Hall–Kier alpha value is -0.0262. The second kappa shape index (κ2) is 3.38. The van der Waals surface area contributed by atoms with Crippen molar-refractivity contribution < 1.29 is 0 Å². The van der Waals surface area contributed by atoms with Gasteiger partial charge >= 0.3 is 0 Å². The summed E-state index contributed by atoms with van der Waals surface area (Å²) in [5, 5.41) is 0. The first-order valence-electron chi connectivity index (χ1n) is 4.52. The molecule has 0 N–H and O–H groups in total. The summed E-state index contributed by atoms with van der Waals surface area (Å²) in [5.41, 5.74) is 1.26. The van der Waals surface area contributed by atoms with E-state index in [0.717, 1.165) is 0 Å². The fourth-order valence-corrected chi connectivity index (χ4v) is 12.5. The lowest BCUT2D eigenvalue weighted by atomic mass is 10.6. The van der Waals surface area contributed by atoms with E-state index in [1.54, 1.807) is 0 Å². The molecule has 0 heterocycles. The van der Waals surface area contributed by atoms with Gasteiger partial charge in [0.1, 0.15) is 16.5 Å². The molecular formula is C9H23NSi2. The second-order valence-electron chi connectivity index (χ2n) is 5.41. The Balaban J connectivity index is 4.82. The van der Waals surface area contributed by atoms with E-state index in [1.165, 1.54) is 5.70 Å². The maximum atomic E-state index is 4.08. The summed E-state index contributed by atoms with van der Waals surface area (Å²) in [6, 6.07) is 0. The fraction of sp³-hybridized carbons (Fsp3) is 0.778. The van der Waals surface area contributed by atoms with Crippen molar-refractivity contribution in [2.24, 2.45) is 0 Å². The zero-order chi connectivity index (χ0) is 10.2. The lowest BCUT2D eigenvalue weighted by Crippen LogP contribution is -2.57. The van der Waals surface area contributed by atoms with Gasteiger partial charge in [-0.05, 0) is 12.6 Å². The summed E-state index contributed by atoms with van der Waals surface area (Å²) < 4.78 is 2.62. The molecule has 0 aromatic carbocycles. The maximum absolute atomic E-state index is 4.08. The van der Waals surface area contributed by atoms with Gasteiger partial charge in [0, 0.05) is 0 Å². The third-order valence-corrected chi connectivity index (χ3v) is 9.20. The smallest absolute Gasteiger partial charge is 0.138 e. The van der Waals surface area contributed by atoms with E-state index >= 15 is 0 Å². The van der Waals surface area contributed by atoms with Crippen molar-refractivity contribution in [2.75, 3.05) is 0 Å². The highest BCUT2D eigenvalue weighted by Crippen LogP contribution is 2.23. The van der Waals surface area contributed by atoms with Crippen LogP contribution in [0.4, 0.5) is 0 Å². The van der Waals surface area contributed by atoms with Gasteiger partial charge in [0.25, 0.3) is 0 Å². The highest BCUT2D eigenvalue weighted by molar-refractivity contribution is 6.90. The van der Waals surface area contributed by atoms with Crippen LogP contribution >= 0.6 is 0 Å². The Morgan fingerprint density at radius 2 is 1.17 bits per heavy atom. The molecule has 0 spiro atoms. The number of nitrogens with zero attached hydrogens (tertiary/aromatic N) is 1. The fourth-order valence-electron chi connectivity index (χ4n) is 2.15. The van der Waals surface area contributed by atoms with Gasteiger partial charge < -0.3 is 4.23 Å². The van der Waals surface area contributed by atoms with Gasteiger partial charge in [-0.25, -0.2) is 0 Å². The molecule has 0 aromatic rings. The quantitative estimate of drug-likeness (QED) is 0.632. The predicted molar refractivity (Wildman–Crippen MR) is 63.3 cm³/mol. The van der Waals surface area contributed by atoms with Gasteiger partial charge in [0.15, 0.2) is 0 Å². The normalized spacial score (nSPS) is 12.9. The standard InChI is InChI=1S/C9H23NSi2/c1-9(2)10(11(3,4)5)12(6,7)8/h1H2,2-8H3. The van der Waals surface area contributed by atoms with Crippen LogP contribution in [-0.2, 0) is 0 Å². The molecule has 0 saturated heterocycles. The topological polar surface area (TPSA) is 3.24 Å². The molecule has 3 heteroatoms. The minimum absolute atomic E-state index is 1.19. The monoisotopic (exact) mass is 201 g/mol. The maximum Gasteiger partial charge on any atom is 0.138 e. The van der Waals surface area contributed by atoms with Crippen LogP contribution in [0.15, 0.2) is 12.3 Å². The van der Waals surface area contributed by atoms with Crippen LogP contribution in [-0.4, -0.2) is 20.7 Å². The zero-order valence-electron chi connectivity index (χ0n) is 9.65. The van der Waals surface area contributed by atoms with Crippen molar-refractivity contribution in [3.05, 3.63) is 12.3 Å². The summed E-state index contributed by atoms with van der Waals surface area (Å²) in [4.78, 5) is 0. The van der Waals surface area contributed by atoms with Gasteiger partial charge in [0.05, 0.1) is 0 Å². The zero-order valence-corrected chi connectivity index (χ0v) is 11.7. The molecule has 1 nitrogen and oxygen atoms in total. The number of allylic oxidation sites excluding steroid dienone is 1. The predicted octanol–water partition coefficient (Wildman–Crippen LogP) is 3.49. The molecule has 0 rings (SSSR count). The van der Waals surface area contributed by atoms with Crippen molar-refractivity contribution in [1.82, 2.24) is 4.23 Å². The van der Waals surface area contributed by atoms with Crippen LogP contribution in [0, 0.1) is 0 Å². The van der Waals surface area contributed by atoms with E-state index in [-0.39, 0.29) is 0 Å². The number of hydrogen-bond acceptors (Lipinski definition) is 1. The SMILES string of the molecule is C=C(C)N([Si](C)(C)C)[Si](C)(C)C. The molecule has 0 fully saturated rings. The average Bonchev–Trinajstić information content (AvgIpc) is 1.49. The molecule has 0 aliphatic rings. The summed E-state index contributed by atoms with van der Waals surface area (Å²) in [5.74, 6) is 0. The van der Waals surface area contributed by atoms with Gasteiger partial charge in [-0.1, -0.05) is 45.9 Å². The lowest BCUT2D eigenvalue weighted by Gasteiger charge is -2.46. The third-order valence-electron chi connectivity index (χ3n) is 1.72. The van der Waals surface area contributed by atoms with Crippen molar-refractivity contribution in [3.63, 3.8) is 0 Å². The Labute approximate surface area is 79.7 Å². The molecule has 0 atom stereocenters. The first-order chi connectivity index (χ1) is 5.07. The minimum Gasteiger partial charge on any atom is -0.429 e. The molecule has 0 saturated carbocycles. The molecule has 0 aliphatic carbocycles. The van der Waals surface area contributed by atoms with Crippen LogP contribution in [0.1, 0.15) is 6.92 Å². The van der Waals surface area contributed by atoms with Crippen LogP contribution in [0.5, 0.6) is 0 Å². The molecule has 0 amide bonds. The highest BCUT2D eigenvalue weighted by atomic mass is 28.4. The van der Waals surface area contributed by atoms with Gasteiger partial charge in [-0.3, -0.25) is 0 Å².